The first kappa shape index (κ1) is 17.4. The number of ether oxygens (including phenoxy) is 1. The summed E-state index contributed by atoms with van der Waals surface area (Å²) in [6.07, 6.45) is 6.06. The molecule has 32 heavy (non-hydrogen) atoms. The minimum Gasteiger partial charge on any atom is -0.492 e. The number of pyridine rings is 1. The van der Waals surface area contributed by atoms with Crippen molar-refractivity contribution in [3.8, 4) is 5.75 Å². The molecule has 3 aromatic rings. The highest BCUT2D eigenvalue weighted by Crippen LogP contribution is 2.48. The Labute approximate surface area is 193 Å². The summed E-state index contributed by atoms with van der Waals surface area (Å²) in [5, 5.41) is 4.32. The van der Waals surface area contributed by atoms with Gasteiger partial charge in [-0.15, -0.1) is 0 Å². The van der Waals surface area contributed by atoms with Gasteiger partial charge in [0.1, 0.15) is 12.4 Å². The van der Waals surface area contributed by atoms with Crippen molar-refractivity contribution < 1.29 is 13.6 Å². The third kappa shape index (κ3) is 3.78. The van der Waals surface area contributed by atoms with Crippen LogP contribution in [0.15, 0.2) is 55.2 Å². The molecule has 1 atom stereocenters. The zero-order valence-electron chi connectivity index (χ0n) is 21.2. The summed E-state index contributed by atoms with van der Waals surface area (Å²) in [4.78, 5) is 19.4. The maximum absolute atomic E-state index is 13.4. The number of fused-ring (bicyclic) bond motifs is 1. The number of carbonyl (C=O) groups is 1. The van der Waals surface area contributed by atoms with E-state index in [0.717, 1.165) is 46.9 Å². The molecule has 5 nitrogen and oxygen atoms in total. The Morgan fingerprint density at radius 1 is 1.38 bits per heavy atom. The first-order valence-corrected chi connectivity index (χ1v) is 11.0. The molecule has 1 saturated carbocycles. The average molecular weight is 431 g/mol. The molecule has 5 rings (SSSR count). The fourth-order valence-electron chi connectivity index (χ4n) is 4.33. The first-order chi connectivity index (χ1) is 16.7. The second-order valence-electron chi connectivity index (χ2n) is 8.80. The van der Waals surface area contributed by atoms with E-state index in [2.05, 4.69) is 22.9 Å². The van der Waals surface area contributed by atoms with Gasteiger partial charge in [0.2, 0.25) is 0 Å². The number of rotatable bonds is 7. The molecule has 0 radical (unpaired) electrons. The van der Waals surface area contributed by atoms with Crippen LogP contribution in [-0.4, -0.2) is 42.0 Å². The van der Waals surface area contributed by atoms with Crippen molar-refractivity contribution in [1.29, 1.82) is 0 Å². The second kappa shape index (κ2) is 8.06. The van der Waals surface area contributed by atoms with Crippen LogP contribution >= 0.6 is 0 Å². The summed E-state index contributed by atoms with van der Waals surface area (Å²) < 4.78 is 28.7. The van der Waals surface area contributed by atoms with Crippen molar-refractivity contribution in [2.75, 3.05) is 20.1 Å². The van der Waals surface area contributed by atoms with Gasteiger partial charge in [-0.25, -0.2) is 0 Å². The Kier molecular flexibility index (Phi) is 4.38. The molecule has 2 aromatic carbocycles. The van der Waals surface area contributed by atoms with Gasteiger partial charge < -0.3 is 10.1 Å². The molecule has 0 bridgehead atoms. The predicted octanol–water partition coefficient (Wildman–Crippen LogP) is 4.69. The molecule has 1 aliphatic carbocycles. The van der Waals surface area contributed by atoms with Crippen molar-refractivity contribution in [3.63, 3.8) is 0 Å². The van der Waals surface area contributed by atoms with E-state index in [9.17, 15) is 4.79 Å². The van der Waals surface area contributed by atoms with Gasteiger partial charge in [0.15, 0.2) is 0 Å². The molecule has 164 valence electrons. The highest BCUT2D eigenvalue weighted by molar-refractivity contribution is 5.97. The van der Waals surface area contributed by atoms with Gasteiger partial charge in [-0.1, -0.05) is 24.8 Å². The van der Waals surface area contributed by atoms with Crippen molar-refractivity contribution in [2.24, 2.45) is 0 Å². The van der Waals surface area contributed by atoms with Crippen LogP contribution < -0.4 is 10.1 Å². The largest absolute Gasteiger partial charge is 0.492 e. The summed E-state index contributed by atoms with van der Waals surface area (Å²) in [5.41, 5.74) is 3.88. The number of hydrogen-bond donors (Lipinski definition) is 1. The molecule has 2 fully saturated rings. The zero-order valence-corrected chi connectivity index (χ0v) is 18.2. The molecule has 2 heterocycles. The van der Waals surface area contributed by atoms with Crippen LogP contribution in [0.4, 0.5) is 0 Å². The number of nitrogens with one attached hydrogen (secondary N) is 1. The van der Waals surface area contributed by atoms with E-state index >= 15 is 0 Å². The van der Waals surface area contributed by atoms with Crippen molar-refractivity contribution >= 4 is 22.9 Å². The van der Waals surface area contributed by atoms with Crippen molar-refractivity contribution in [3.05, 3.63) is 77.5 Å². The van der Waals surface area contributed by atoms with Crippen LogP contribution in [0.25, 0.3) is 17.0 Å². The Hall–Kier alpha value is -3.18. The smallest absolute Gasteiger partial charge is 0.252 e. The molecule has 5 heteroatoms. The normalized spacial score (nSPS) is 21.0. The quantitative estimate of drug-likeness (QED) is 0.591. The SMILES string of the molecule is [2H]C([2H])([2H])N1CC[C@H]1COc1ccc(C)c(C(=O)NC2(c3cc(C=C)cc4ncccc34)CC2)c1. The van der Waals surface area contributed by atoms with Crippen LogP contribution in [0.5, 0.6) is 5.75 Å². The molecule has 0 unspecified atom stereocenters. The minimum atomic E-state index is -2.11. The van der Waals surface area contributed by atoms with Gasteiger partial charge in [-0.2, -0.15) is 0 Å². The van der Waals surface area contributed by atoms with E-state index in [4.69, 9.17) is 8.85 Å². The van der Waals surface area contributed by atoms with E-state index in [1.807, 2.05) is 37.3 Å². The number of benzene rings is 2. The van der Waals surface area contributed by atoms with Gasteiger partial charge in [0.25, 0.3) is 5.91 Å². The van der Waals surface area contributed by atoms with Gasteiger partial charge >= 0.3 is 0 Å². The number of carbonyl (C=O) groups excluding carboxylic acids is 1. The summed E-state index contributed by atoms with van der Waals surface area (Å²) in [6, 6.07) is 13.3. The van der Waals surface area contributed by atoms with Crippen LogP contribution in [0.1, 0.15) is 50.4 Å². The van der Waals surface area contributed by atoms with Crippen LogP contribution in [-0.2, 0) is 5.54 Å². The number of hydrogen-bond acceptors (Lipinski definition) is 4. The zero-order chi connectivity index (χ0) is 24.8. The molecule has 1 N–H and O–H groups in total. The number of likely N-dealkylation sites (tertiary alicyclic amines) is 1. The highest BCUT2D eigenvalue weighted by Gasteiger charge is 2.47. The lowest BCUT2D eigenvalue weighted by Crippen LogP contribution is -2.48. The topological polar surface area (TPSA) is 54.5 Å². The van der Waals surface area contributed by atoms with E-state index in [0.29, 0.717) is 17.9 Å². The molecule has 0 spiro atoms. The fraction of sp³-hybridized carbons (Fsp3) is 0.333. The molecule has 1 aliphatic heterocycles. The average Bonchev–Trinajstić information content (AvgIpc) is 3.57. The molecular weight excluding hydrogens is 398 g/mol. The van der Waals surface area contributed by atoms with E-state index < -0.39 is 12.5 Å². The maximum Gasteiger partial charge on any atom is 0.252 e. The lowest BCUT2D eigenvalue weighted by Gasteiger charge is -2.37. The van der Waals surface area contributed by atoms with Crippen molar-refractivity contribution in [1.82, 2.24) is 15.2 Å². The summed E-state index contributed by atoms with van der Waals surface area (Å²) in [6.45, 7) is 4.53. The molecule has 1 saturated heterocycles. The number of nitrogens with zero attached hydrogens (tertiary/aromatic N) is 2. The van der Waals surface area contributed by atoms with Gasteiger partial charge in [0, 0.05) is 27.3 Å². The third-order valence-corrected chi connectivity index (χ3v) is 6.64. The molecule has 1 amide bonds. The summed E-state index contributed by atoms with van der Waals surface area (Å²) in [5.74, 6) is 0.408. The van der Waals surface area contributed by atoms with E-state index in [-0.39, 0.29) is 18.6 Å². The number of amides is 1. The lowest BCUT2D eigenvalue weighted by atomic mass is 9.95. The van der Waals surface area contributed by atoms with Crippen LogP contribution in [0, 0.1) is 6.92 Å². The van der Waals surface area contributed by atoms with Gasteiger partial charge in [-0.3, -0.25) is 14.7 Å². The Bertz CT molecular complexity index is 1300. The maximum atomic E-state index is 13.4. The number of aromatic nitrogens is 1. The molecule has 1 aromatic heterocycles. The highest BCUT2D eigenvalue weighted by atomic mass is 16.5. The lowest BCUT2D eigenvalue weighted by molar-refractivity contribution is 0.0767. The molecular formula is C27H29N3O2. The van der Waals surface area contributed by atoms with Crippen LogP contribution in [0.2, 0.25) is 0 Å². The van der Waals surface area contributed by atoms with E-state index in [1.165, 1.54) is 4.90 Å². The first-order valence-electron chi connectivity index (χ1n) is 12.5. The van der Waals surface area contributed by atoms with Crippen molar-refractivity contribution in [2.45, 2.75) is 37.8 Å². The van der Waals surface area contributed by atoms with E-state index in [1.54, 1.807) is 18.3 Å². The summed E-state index contributed by atoms with van der Waals surface area (Å²) >= 11 is 0. The Morgan fingerprint density at radius 2 is 2.25 bits per heavy atom. The van der Waals surface area contributed by atoms with Gasteiger partial charge in [-0.05, 0) is 86.7 Å². The second-order valence-corrected chi connectivity index (χ2v) is 8.80. The Balaban J connectivity index is 1.35. The van der Waals surface area contributed by atoms with Crippen LogP contribution in [0.3, 0.4) is 0 Å². The number of likely N-dealkylation sites (N-methyl/N-ethyl adjacent to an activating group) is 1. The Morgan fingerprint density at radius 3 is 2.97 bits per heavy atom. The van der Waals surface area contributed by atoms with Gasteiger partial charge in [0.05, 0.1) is 11.1 Å². The third-order valence-electron chi connectivity index (χ3n) is 6.64. The monoisotopic (exact) mass is 430 g/mol. The number of aryl methyl sites for hydroxylation is 1. The standard InChI is InChI=1S/C27H29N3O2/c1-4-19-14-24(22-6-5-12-28-25(22)15-19)27(10-11-27)29-26(31)23-16-21(8-7-18(23)2)32-17-20-9-13-30(20)3/h4-8,12,14-16,20H,1,9-11,13,17H2,2-3H3,(H,29,31)/t20-/m0/s1/i3D3. The molecule has 2 aliphatic rings. The fourth-order valence-corrected chi connectivity index (χ4v) is 4.33. The summed E-state index contributed by atoms with van der Waals surface area (Å²) in [7, 11) is 0. The minimum absolute atomic E-state index is 0.144. The predicted molar refractivity (Wildman–Crippen MR) is 128 cm³/mol.